The third kappa shape index (κ3) is 4.97. The molecule has 0 fully saturated rings. The summed E-state index contributed by atoms with van der Waals surface area (Å²) in [7, 11) is 0. The van der Waals surface area contributed by atoms with Crippen molar-refractivity contribution in [1.29, 1.82) is 0 Å². The van der Waals surface area contributed by atoms with Gasteiger partial charge < -0.3 is 9.53 Å². The Kier molecular flexibility index (Phi) is 7.02. The fourth-order valence-corrected chi connectivity index (χ4v) is 1.16. The molecule has 1 N–H and O–H groups in total. The van der Waals surface area contributed by atoms with E-state index in [2.05, 4.69) is 5.32 Å². The topological polar surface area (TPSA) is 55.4 Å². The predicted octanol–water partition coefficient (Wildman–Crippen LogP) is 0.895. The highest BCUT2D eigenvalue weighted by atomic mass is 16.5. The number of aldehydes is 1. The van der Waals surface area contributed by atoms with E-state index >= 15 is 0 Å². The molecule has 4 heteroatoms. The average molecular weight is 201 g/mol. The SMILES string of the molecule is CCC[C@H](N[C@@H](C)C=O)C(=O)OCC. The molecule has 0 saturated heterocycles. The van der Waals surface area contributed by atoms with Crippen LogP contribution in [0.5, 0.6) is 0 Å². The minimum Gasteiger partial charge on any atom is -0.465 e. The number of nitrogens with one attached hydrogen (secondary N) is 1. The fourth-order valence-electron chi connectivity index (χ4n) is 1.16. The maximum absolute atomic E-state index is 11.4. The number of rotatable bonds is 7. The highest BCUT2D eigenvalue weighted by Crippen LogP contribution is 2.00. The van der Waals surface area contributed by atoms with Crippen LogP contribution < -0.4 is 5.32 Å². The van der Waals surface area contributed by atoms with E-state index in [4.69, 9.17) is 4.74 Å². The van der Waals surface area contributed by atoms with Crippen molar-refractivity contribution >= 4 is 12.3 Å². The lowest BCUT2D eigenvalue weighted by Gasteiger charge is -2.18. The van der Waals surface area contributed by atoms with Gasteiger partial charge in [-0.25, -0.2) is 0 Å². The van der Waals surface area contributed by atoms with Crippen molar-refractivity contribution < 1.29 is 14.3 Å². The highest BCUT2D eigenvalue weighted by molar-refractivity contribution is 5.76. The Balaban J connectivity index is 4.12. The molecule has 0 spiro atoms. The van der Waals surface area contributed by atoms with E-state index in [1.807, 2.05) is 6.92 Å². The van der Waals surface area contributed by atoms with Crippen molar-refractivity contribution in [2.24, 2.45) is 0 Å². The molecule has 0 aromatic heterocycles. The molecular formula is C10H19NO3. The highest BCUT2D eigenvalue weighted by Gasteiger charge is 2.19. The van der Waals surface area contributed by atoms with Gasteiger partial charge in [0, 0.05) is 0 Å². The Bertz CT molecular complexity index is 182. The zero-order valence-corrected chi connectivity index (χ0v) is 9.08. The van der Waals surface area contributed by atoms with Gasteiger partial charge in [-0.05, 0) is 20.3 Å². The van der Waals surface area contributed by atoms with E-state index in [-0.39, 0.29) is 18.1 Å². The van der Waals surface area contributed by atoms with Crippen LogP contribution in [0.15, 0.2) is 0 Å². The minimum atomic E-state index is -0.361. The zero-order chi connectivity index (χ0) is 11.0. The van der Waals surface area contributed by atoms with Crippen molar-refractivity contribution in [3.05, 3.63) is 0 Å². The van der Waals surface area contributed by atoms with Gasteiger partial charge in [-0.2, -0.15) is 0 Å². The van der Waals surface area contributed by atoms with Crippen LogP contribution in [0.2, 0.25) is 0 Å². The number of carbonyl (C=O) groups excluding carboxylic acids is 2. The smallest absolute Gasteiger partial charge is 0.323 e. The standard InChI is InChI=1S/C10H19NO3/c1-4-6-9(10(13)14-5-2)11-8(3)7-12/h7-9,11H,4-6H2,1-3H3/t8-,9-/m0/s1. The number of hydrogen-bond acceptors (Lipinski definition) is 4. The summed E-state index contributed by atoms with van der Waals surface area (Å²) in [4.78, 5) is 21.8. The molecule has 0 heterocycles. The van der Waals surface area contributed by atoms with Gasteiger partial charge in [0.15, 0.2) is 0 Å². The van der Waals surface area contributed by atoms with Crippen LogP contribution in [0, 0.1) is 0 Å². The van der Waals surface area contributed by atoms with E-state index in [0.717, 1.165) is 12.7 Å². The Hall–Kier alpha value is -0.900. The molecule has 14 heavy (non-hydrogen) atoms. The molecule has 0 radical (unpaired) electrons. The summed E-state index contributed by atoms with van der Waals surface area (Å²) >= 11 is 0. The molecule has 0 saturated carbocycles. The molecule has 0 bridgehead atoms. The van der Waals surface area contributed by atoms with E-state index < -0.39 is 0 Å². The third-order valence-corrected chi connectivity index (χ3v) is 1.82. The van der Waals surface area contributed by atoms with Gasteiger partial charge in [0.25, 0.3) is 0 Å². The second-order valence-electron chi connectivity index (χ2n) is 3.18. The largest absolute Gasteiger partial charge is 0.465 e. The van der Waals surface area contributed by atoms with Crippen LogP contribution in [0.4, 0.5) is 0 Å². The summed E-state index contributed by atoms with van der Waals surface area (Å²) in [6.45, 7) is 5.84. The molecule has 0 aromatic rings. The number of esters is 1. The third-order valence-electron chi connectivity index (χ3n) is 1.82. The van der Waals surface area contributed by atoms with Crippen LogP contribution in [0.25, 0.3) is 0 Å². The van der Waals surface area contributed by atoms with Crippen molar-refractivity contribution in [2.45, 2.75) is 45.7 Å². The molecule has 0 aliphatic carbocycles. The first-order valence-corrected chi connectivity index (χ1v) is 5.03. The van der Waals surface area contributed by atoms with Crippen molar-refractivity contribution in [2.75, 3.05) is 6.61 Å². The van der Waals surface area contributed by atoms with Crippen molar-refractivity contribution in [1.82, 2.24) is 5.32 Å². The lowest BCUT2D eigenvalue weighted by Crippen LogP contribution is -2.43. The number of ether oxygens (including phenoxy) is 1. The summed E-state index contributed by atoms with van der Waals surface area (Å²) < 4.78 is 4.88. The lowest BCUT2D eigenvalue weighted by molar-refractivity contribution is -0.146. The van der Waals surface area contributed by atoms with Crippen LogP contribution in [0.3, 0.4) is 0 Å². The Morgan fingerprint density at radius 3 is 2.57 bits per heavy atom. The molecule has 0 unspecified atom stereocenters. The van der Waals surface area contributed by atoms with Gasteiger partial charge in [-0.1, -0.05) is 13.3 Å². The Morgan fingerprint density at radius 2 is 2.14 bits per heavy atom. The van der Waals surface area contributed by atoms with Gasteiger partial charge in [0.1, 0.15) is 12.3 Å². The first-order chi connectivity index (χ1) is 6.65. The molecular weight excluding hydrogens is 182 g/mol. The summed E-state index contributed by atoms with van der Waals surface area (Å²) in [5.41, 5.74) is 0. The van der Waals surface area contributed by atoms with Gasteiger partial charge in [0.2, 0.25) is 0 Å². The first kappa shape index (κ1) is 13.1. The van der Waals surface area contributed by atoms with Crippen LogP contribution >= 0.6 is 0 Å². The van der Waals surface area contributed by atoms with E-state index in [0.29, 0.717) is 13.0 Å². The minimum absolute atomic E-state index is 0.275. The molecule has 0 aliphatic rings. The molecule has 82 valence electrons. The maximum Gasteiger partial charge on any atom is 0.323 e. The summed E-state index contributed by atoms with van der Waals surface area (Å²) in [6, 6.07) is -0.670. The molecule has 0 aromatic carbocycles. The Labute approximate surface area is 85.0 Å². The number of hydrogen-bond donors (Lipinski definition) is 1. The quantitative estimate of drug-likeness (QED) is 0.491. The van der Waals surface area contributed by atoms with Gasteiger partial charge in [-0.15, -0.1) is 0 Å². The lowest BCUT2D eigenvalue weighted by atomic mass is 10.1. The Morgan fingerprint density at radius 1 is 1.50 bits per heavy atom. The van der Waals surface area contributed by atoms with E-state index in [9.17, 15) is 9.59 Å². The molecule has 0 amide bonds. The summed E-state index contributed by atoms with van der Waals surface area (Å²) in [6.07, 6.45) is 2.35. The monoisotopic (exact) mass is 201 g/mol. The predicted molar refractivity (Wildman–Crippen MR) is 54.0 cm³/mol. The second-order valence-corrected chi connectivity index (χ2v) is 3.18. The van der Waals surface area contributed by atoms with E-state index in [1.54, 1.807) is 13.8 Å². The zero-order valence-electron chi connectivity index (χ0n) is 9.08. The summed E-state index contributed by atoms with van der Waals surface area (Å²) in [5.74, 6) is -0.275. The van der Waals surface area contributed by atoms with E-state index in [1.165, 1.54) is 0 Å². The van der Waals surface area contributed by atoms with Crippen LogP contribution in [-0.4, -0.2) is 30.9 Å². The number of carbonyl (C=O) groups is 2. The van der Waals surface area contributed by atoms with Gasteiger partial charge in [0.05, 0.1) is 12.6 Å². The van der Waals surface area contributed by atoms with Crippen molar-refractivity contribution in [3.63, 3.8) is 0 Å². The normalized spacial score (nSPS) is 14.5. The van der Waals surface area contributed by atoms with Gasteiger partial charge >= 0.3 is 5.97 Å². The molecule has 0 rings (SSSR count). The maximum atomic E-state index is 11.4. The molecule has 0 aliphatic heterocycles. The second kappa shape index (κ2) is 7.50. The fraction of sp³-hybridized carbons (Fsp3) is 0.800. The average Bonchev–Trinajstić information content (AvgIpc) is 2.17. The van der Waals surface area contributed by atoms with Crippen molar-refractivity contribution in [3.8, 4) is 0 Å². The van der Waals surface area contributed by atoms with Crippen LogP contribution in [0.1, 0.15) is 33.6 Å². The van der Waals surface area contributed by atoms with Gasteiger partial charge in [-0.3, -0.25) is 10.1 Å². The molecule has 2 atom stereocenters. The molecule has 4 nitrogen and oxygen atoms in total. The summed E-state index contributed by atoms with van der Waals surface area (Å²) in [5, 5.41) is 2.91. The van der Waals surface area contributed by atoms with Crippen LogP contribution in [-0.2, 0) is 14.3 Å². The first-order valence-electron chi connectivity index (χ1n) is 5.03.